The molecule has 14 heavy (non-hydrogen) atoms. The highest BCUT2D eigenvalue weighted by atomic mass is 35.5. The fourth-order valence-electron chi connectivity index (χ4n) is 1.04. The Morgan fingerprint density at radius 1 is 1.57 bits per heavy atom. The van der Waals surface area contributed by atoms with Gasteiger partial charge in [0.1, 0.15) is 0 Å². The number of aliphatic carboxylic acids is 1. The predicted molar refractivity (Wildman–Crippen MR) is 49.4 cm³/mol. The average molecular weight is 216 g/mol. The molecule has 0 saturated carbocycles. The average Bonchev–Trinajstić information content (AvgIpc) is 2.07. The van der Waals surface area contributed by atoms with Crippen LogP contribution in [0.3, 0.4) is 0 Å². The van der Waals surface area contributed by atoms with Gasteiger partial charge >= 0.3 is 5.97 Å². The maximum atomic E-state index is 10.5. The molecule has 6 heteroatoms. The van der Waals surface area contributed by atoms with Gasteiger partial charge in [-0.05, 0) is 6.07 Å². The molecule has 0 heterocycles. The lowest BCUT2D eigenvalue weighted by molar-refractivity contribution is -0.385. The van der Waals surface area contributed by atoms with Crippen molar-refractivity contribution in [3.05, 3.63) is 38.9 Å². The van der Waals surface area contributed by atoms with Gasteiger partial charge in [0, 0.05) is 6.07 Å². The first-order valence-electron chi connectivity index (χ1n) is 3.66. The Hall–Kier alpha value is -1.62. The van der Waals surface area contributed by atoms with Crippen molar-refractivity contribution < 1.29 is 14.8 Å². The van der Waals surface area contributed by atoms with E-state index in [2.05, 4.69) is 0 Å². The van der Waals surface area contributed by atoms with Crippen LogP contribution in [0.2, 0.25) is 5.02 Å². The smallest absolute Gasteiger partial charge is 0.308 e. The van der Waals surface area contributed by atoms with E-state index < -0.39 is 17.3 Å². The SMILES string of the molecule is O=C(O)Cc1c(Cl)cccc1[N+](=O)[O-]. The first-order chi connectivity index (χ1) is 6.52. The third kappa shape index (κ3) is 2.20. The minimum atomic E-state index is -1.15. The molecule has 0 amide bonds. The molecule has 0 aromatic heterocycles. The van der Waals surface area contributed by atoms with Crippen molar-refractivity contribution in [2.75, 3.05) is 0 Å². The summed E-state index contributed by atoms with van der Waals surface area (Å²) in [5.74, 6) is -1.15. The highest BCUT2D eigenvalue weighted by molar-refractivity contribution is 6.31. The number of carboxylic acids is 1. The lowest BCUT2D eigenvalue weighted by Crippen LogP contribution is -2.04. The van der Waals surface area contributed by atoms with E-state index >= 15 is 0 Å². The summed E-state index contributed by atoms with van der Waals surface area (Å²) in [5, 5.41) is 19.1. The van der Waals surface area contributed by atoms with Gasteiger partial charge in [-0.1, -0.05) is 17.7 Å². The van der Waals surface area contributed by atoms with E-state index in [0.29, 0.717) is 0 Å². The van der Waals surface area contributed by atoms with Crippen LogP contribution in [0.25, 0.3) is 0 Å². The molecule has 0 saturated heterocycles. The number of rotatable bonds is 3. The molecule has 5 nitrogen and oxygen atoms in total. The predicted octanol–water partition coefficient (Wildman–Crippen LogP) is 1.88. The van der Waals surface area contributed by atoms with E-state index in [-0.39, 0.29) is 16.3 Å². The highest BCUT2D eigenvalue weighted by Crippen LogP contribution is 2.26. The van der Waals surface area contributed by atoms with Crippen LogP contribution in [0.1, 0.15) is 5.56 Å². The normalized spacial score (nSPS) is 9.79. The molecule has 0 unspecified atom stereocenters. The summed E-state index contributed by atoms with van der Waals surface area (Å²) in [4.78, 5) is 20.3. The van der Waals surface area contributed by atoms with Crippen LogP contribution in [0.4, 0.5) is 5.69 Å². The quantitative estimate of drug-likeness (QED) is 0.617. The van der Waals surface area contributed by atoms with Crippen molar-refractivity contribution in [2.45, 2.75) is 6.42 Å². The largest absolute Gasteiger partial charge is 0.481 e. The summed E-state index contributed by atoms with van der Waals surface area (Å²) in [6.07, 6.45) is -0.448. The number of nitrogens with zero attached hydrogens (tertiary/aromatic N) is 1. The minimum Gasteiger partial charge on any atom is -0.481 e. The Labute approximate surface area is 84.1 Å². The number of benzene rings is 1. The molecule has 1 aromatic carbocycles. The van der Waals surface area contributed by atoms with Crippen molar-refractivity contribution in [1.82, 2.24) is 0 Å². The van der Waals surface area contributed by atoms with E-state index in [1.807, 2.05) is 0 Å². The second kappa shape index (κ2) is 4.06. The van der Waals surface area contributed by atoms with E-state index in [4.69, 9.17) is 16.7 Å². The van der Waals surface area contributed by atoms with Gasteiger partial charge < -0.3 is 5.11 Å². The lowest BCUT2D eigenvalue weighted by atomic mass is 10.1. The van der Waals surface area contributed by atoms with Crippen molar-refractivity contribution in [3.8, 4) is 0 Å². The first kappa shape index (κ1) is 10.5. The number of nitro groups is 1. The van der Waals surface area contributed by atoms with Crippen LogP contribution in [0.15, 0.2) is 18.2 Å². The molecule has 1 aromatic rings. The molecule has 1 N–H and O–H groups in total. The summed E-state index contributed by atoms with van der Waals surface area (Å²) in [7, 11) is 0. The number of hydrogen-bond acceptors (Lipinski definition) is 3. The second-order valence-electron chi connectivity index (χ2n) is 2.57. The third-order valence-electron chi connectivity index (χ3n) is 1.62. The molecule has 74 valence electrons. The van der Waals surface area contributed by atoms with Crippen molar-refractivity contribution in [3.63, 3.8) is 0 Å². The van der Waals surface area contributed by atoms with Gasteiger partial charge in [-0.25, -0.2) is 0 Å². The Bertz CT molecular complexity index is 391. The number of carbonyl (C=O) groups is 1. The van der Waals surface area contributed by atoms with Crippen LogP contribution in [-0.2, 0) is 11.2 Å². The summed E-state index contributed by atoms with van der Waals surface area (Å²) in [5.41, 5.74) is -0.230. The van der Waals surface area contributed by atoms with Crippen LogP contribution in [-0.4, -0.2) is 16.0 Å². The van der Waals surface area contributed by atoms with Gasteiger partial charge in [0.15, 0.2) is 0 Å². The first-order valence-corrected chi connectivity index (χ1v) is 4.03. The van der Waals surface area contributed by atoms with Crippen LogP contribution < -0.4 is 0 Å². The number of carboxylic acid groups (broad SMARTS) is 1. The number of halogens is 1. The molecule has 0 spiro atoms. The Kier molecular flexibility index (Phi) is 3.03. The van der Waals surface area contributed by atoms with E-state index in [9.17, 15) is 14.9 Å². The molecule has 0 radical (unpaired) electrons. The fourth-order valence-corrected chi connectivity index (χ4v) is 1.28. The van der Waals surface area contributed by atoms with Crippen LogP contribution >= 0.6 is 11.6 Å². The number of nitro benzene ring substituents is 1. The zero-order valence-corrected chi connectivity index (χ0v) is 7.69. The Morgan fingerprint density at radius 3 is 2.71 bits per heavy atom. The van der Waals surface area contributed by atoms with Crippen molar-refractivity contribution in [2.24, 2.45) is 0 Å². The van der Waals surface area contributed by atoms with Crippen molar-refractivity contribution in [1.29, 1.82) is 0 Å². The summed E-state index contributed by atoms with van der Waals surface area (Å²) in [6, 6.07) is 4.06. The standard InChI is InChI=1S/C8H6ClNO4/c9-6-2-1-3-7(10(13)14)5(6)4-8(11)12/h1-3H,4H2,(H,11,12). The maximum absolute atomic E-state index is 10.5. The van der Waals surface area contributed by atoms with E-state index in [0.717, 1.165) is 0 Å². The van der Waals surface area contributed by atoms with E-state index in [1.165, 1.54) is 18.2 Å². The van der Waals surface area contributed by atoms with E-state index in [1.54, 1.807) is 0 Å². The third-order valence-corrected chi connectivity index (χ3v) is 1.97. The highest BCUT2D eigenvalue weighted by Gasteiger charge is 2.18. The lowest BCUT2D eigenvalue weighted by Gasteiger charge is -2.01. The van der Waals surface area contributed by atoms with Crippen molar-refractivity contribution >= 4 is 23.3 Å². The molecular formula is C8H6ClNO4. The molecule has 0 atom stereocenters. The summed E-state index contributed by atoms with van der Waals surface area (Å²) < 4.78 is 0. The van der Waals surface area contributed by atoms with Gasteiger partial charge in [-0.2, -0.15) is 0 Å². The Morgan fingerprint density at radius 2 is 2.21 bits per heavy atom. The van der Waals surface area contributed by atoms with Gasteiger partial charge in [-0.3, -0.25) is 14.9 Å². The van der Waals surface area contributed by atoms with Gasteiger partial charge in [-0.15, -0.1) is 0 Å². The summed E-state index contributed by atoms with van der Waals surface area (Å²) in [6.45, 7) is 0. The monoisotopic (exact) mass is 215 g/mol. The van der Waals surface area contributed by atoms with Crippen LogP contribution in [0.5, 0.6) is 0 Å². The molecular weight excluding hydrogens is 210 g/mol. The molecule has 0 fully saturated rings. The van der Waals surface area contributed by atoms with Gasteiger partial charge in [0.25, 0.3) is 5.69 Å². The molecule has 0 aliphatic rings. The summed E-state index contributed by atoms with van der Waals surface area (Å²) >= 11 is 5.65. The molecule has 0 aliphatic carbocycles. The zero-order chi connectivity index (χ0) is 10.7. The van der Waals surface area contributed by atoms with Crippen LogP contribution in [0, 0.1) is 10.1 Å². The minimum absolute atomic E-state index is 0.0340. The zero-order valence-electron chi connectivity index (χ0n) is 6.94. The fraction of sp³-hybridized carbons (Fsp3) is 0.125. The second-order valence-corrected chi connectivity index (χ2v) is 2.97. The Balaban J connectivity index is 3.22. The molecule has 0 aliphatic heterocycles. The van der Waals surface area contributed by atoms with Gasteiger partial charge in [0.05, 0.1) is 21.9 Å². The molecule has 1 rings (SSSR count). The number of hydrogen-bond donors (Lipinski definition) is 1. The maximum Gasteiger partial charge on any atom is 0.308 e. The molecule has 0 bridgehead atoms. The van der Waals surface area contributed by atoms with Gasteiger partial charge in [0.2, 0.25) is 0 Å². The topological polar surface area (TPSA) is 80.4 Å².